The fourth-order valence-corrected chi connectivity index (χ4v) is 2.97. The van der Waals surface area contributed by atoms with E-state index in [-0.39, 0.29) is 6.03 Å². The second-order valence-corrected chi connectivity index (χ2v) is 6.95. The van der Waals surface area contributed by atoms with Crippen molar-refractivity contribution in [1.29, 1.82) is 0 Å². The summed E-state index contributed by atoms with van der Waals surface area (Å²) < 4.78 is 11.2. The maximum Gasteiger partial charge on any atom is 0.315 e. The van der Waals surface area contributed by atoms with E-state index < -0.39 is 5.54 Å². The van der Waals surface area contributed by atoms with E-state index in [4.69, 9.17) is 9.47 Å². The maximum absolute atomic E-state index is 12.3. The van der Waals surface area contributed by atoms with Crippen molar-refractivity contribution in [2.75, 3.05) is 19.8 Å². The van der Waals surface area contributed by atoms with Crippen molar-refractivity contribution < 1.29 is 14.3 Å². The lowest BCUT2D eigenvalue weighted by molar-refractivity contribution is 0.171. The third-order valence-corrected chi connectivity index (χ3v) is 4.46. The Hall–Kier alpha value is -2.69. The van der Waals surface area contributed by atoms with E-state index in [2.05, 4.69) is 22.8 Å². The lowest BCUT2D eigenvalue weighted by Gasteiger charge is -2.28. The topological polar surface area (TPSA) is 59.6 Å². The van der Waals surface area contributed by atoms with Gasteiger partial charge in [0.2, 0.25) is 0 Å². The highest BCUT2D eigenvalue weighted by molar-refractivity contribution is 5.75. The number of aryl methyl sites for hydroxylation is 1. The van der Waals surface area contributed by atoms with Crippen LogP contribution in [0.3, 0.4) is 0 Å². The molecular weight excluding hydrogens is 328 g/mol. The van der Waals surface area contributed by atoms with Crippen molar-refractivity contribution in [3.63, 3.8) is 0 Å². The fourth-order valence-electron chi connectivity index (χ4n) is 2.97. The molecule has 0 aromatic heterocycles. The maximum atomic E-state index is 12.3. The number of amides is 2. The zero-order chi connectivity index (χ0) is 18.4. The van der Waals surface area contributed by atoms with Gasteiger partial charge in [-0.2, -0.15) is 0 Å². The van der Waals surface area contributed by atoms with E-state index in [1.54, 1.807) is 0 Å². The standard InChI is InChI=1S/C21H26N2O3/c1-21(2,17-10-11-18-19(15-17)26-14-13-25-18)23-20(24)22-12-6-9-16-7-4-3-5-8-16/h3-5,7-8,10-11,15H,6,9,12-14H2,1-2H3,(H2,22,23,24). The molecule has 1 aliphatic rings. The van der Waals surface area contributed by atoms with Crippen LogP contribution in [0.5, 0.6) is 11.5 Å². The van der Waals surface area contributed by atoms with Gasteiger partial charge in [0, 0.05) is 6.54 Å². The Morgan fingerprint density at radius 1 is 1.04 bits per heavy atom. The van der Waals surface area contributed by atoms with Gasteiger partial charge >= 0.3 is 6.03 Å². The van der Waals surface area contributed by atoms with Crippen molar-refractivity contribution in [3.05, 3.63) is 59.7 Å². The molecule has 0 radical (unpaired) electrons. The number of fused-ring (bicyclic) bond motifs is 1. The minimum Gasteiger partial charge on any atom is -0.486 e. The zero-order valence-corrected chi connectivity index (χ0v) is 15.4. The first-order valence-corrected chi connectivity index (χ1v) is 9.05. The number of nitrogens with one attached hydrogen (secondary N) is 2. The molecule has 0 atom stereocenters. The van der Waals surface area contributed by atoms with Crippen LogP contribution in [-0.2, 0) is 12.0 Å². The second-order valence-electron chi connectivity index (χ2n) is 6.95. The van der Waals surface area contributed by atoms with Gasteiger partial charge < -0.3 is 20.1 Å². The van der Waals surface area contributed by atoms with E-state index in [0.717, 1.165) is 29.9 Å². The summed E-state index contributed by atoms with van der Waals surface area (Å²) in [5.74, 6) is 1.48. The number of carbonyl (C=O) groups excluding carboxylic acids is 1. The van der Waals surface area contributed by atoms with Crippen LogP contribution in [0.15, 0.2) is 48.5 Å². The molecule has 138 valence electrons. The zero-order valence-electron chi connectivity index (χ0n) is 15.4. The first-order chi connectivity index (χ1) is 12.5. The van der Waals surface area contributed by atoms with Crippen molar-refractivity contribution in [3.8, 4) is 11.5 Å². The summed E-state index contributed by atoms with van der Waals surface area (Å²) in [7, 11) is 0. The highest BCUT2D eigenvalue weighted by atomic mass is 16.6. The summed E-state index contributed by atoms with van der Waals surface area (Å²) in [6.07, 6.45) is 1.86. The van der Waals surface area contributed by atoms with Crippen molar-refractivity contribution in [2.24, 2.45) is 0 Å². The Bertz CT molecular complexity index is 744. The predicted octanol–water partition coefficient (Wildman–Crippen LogP) is 3.62. The Labute approximate surface area is 154 Å². The van der Waals surface area contributed by atoms with Crippen LogP contribution in [0.25, 0.3) is 0 Å². The molecule has 0 saturated heterocycles. The summed E-state index contributed by atoms with van der Waals surface area (Å²) in [6.45, 7) is 5.70. The summed E-state index contributed by atoms with van der Waals surface area (Å²) in [5, 5.41) is 5.97. The molecule has 0 unspecified atom stereocenters. The van der Waals surface area contributed by atoms with Crippen molar-refractivity contribution in [1.82, 2.24) is 10.6 Å². The van der Waals surface area contributed by atoms with Crippen molar-refractivity contribution in [2.45, 2.75) is 32.2 Å². The van der Waals surface area contributed by atoms with Gasteiger partial charge in [-0.1, -0.05) is 36.4 Å². The third-order valence-electron chi connectivity index (χ3n) is 4.46. The molecule has 0 saturated carbocycles. The molecule has 5 nitrogen and oxygen atoms in total. The fraction of sp³-hybridized carbons (Fsp3) is 0.381. The van der Waals surface area contributed by atoms with Crippen molar-refractivity contribution >= 4 is 6.03 Å². The third kappa shape index (κ3) is 4.69. The first kappa shape index (κ1) is 18.1. The summed E-state index contributed by atoms with van der Waals surface area (Å²) in [4.78, 5) is 12.3. The minimum atomic E-state index is -0.515. The van der Waals surface area contributed by atoms with Crippen LogP contribution < -0.4 is 20.1 Å². The van der Waals surface area contributed by atoms with Gasteiger partial charge in [-0.05, 0) is 49.9 Å². The molecule has 2 amide bonds. The number of hydrogen-bond acceptors (Lipinski definition) is 3. The Morgan fingerprint density at radius 3 is 2.54 bits per heavy atom. The molecule has 2 N–H and O–H groups in total. The second kappa shape index (κ2) is 8.13. The van der Waals surface area contributed by atoms with Gasteiger partial charge in [0.05, 0.1) is 5.54 Å². The summed E-state index contributed by atoms with van der Waals surface area (Å²) in [5.41, 5.74) is 1.74. The number of carbonyl (C=O) groups is 1. The molecule has 2 aromatic carbocycles. The number of rotatable bonds is 6. The lowest BCUT2D eigenvalue weighted by Crippen LogP contribution is -2.46. The van der Waals surface area contributed by atoms with Crippen LogP contribution in [0, 0.1) is 0 Å². The van der Waals surface area contributed by atoms with Crippen LogP contribution in [0.1, 0.15) is 31.4 Å². The van der Waals surface area contributed by atoms with Gasteiger partial charge in [0.15, 0.2) is 11.5 Å². The highest BCUT2D eigenvalue weighted by Crippen LogP contribution is 2.34. The molecule has 0 fully saturated rings. The molecule has 2 aromatic rings. The monoisotopic (exact) mass is 354 g/mol. The quantitative estimate of drug-likeness (QED) is 0.779. The molecule has 0 spiro atoms. The number of urea groups is 1. The normalized spacial score (nSPS) is 13.2. The molecule has 0 bridgehead atoms. The molecule has 1 aliphatic heterocycles. The molecule has 5 heteroatoms. The Kier molecular flexibility index (Phi) is 5.66. The largest absolute Gasteiger partial charge is 0.486 e. The smallest absolute Gasteiger partial charge is 0.315 e. The van der Waals surface area contributed by atoms with E-state index in [1.807, 2.05) is 50.2 Å². The van der Waals surface area contributed by atoms with Gasteiger partial charge in [-0.25, -0.2) is 4.79 Å². The average Bonchev–Trinajstić information content (AvgIpc) is 2.65. The van der Waals surface area contributed by atoms with Gasteiger partial charge in [-0.15, -0.1) is 0 Å². The van der Waals surface area contributed by atoms with E-state index in [9.17, 15) is 4.79 Å². The number of benzene rings is 2. The van der Waals surface area contributed by atoms with Gasteiger partial charge in [0.25, 0.3) is 0 Å². The van der Waals surface area contributed by atoms with Crippen LogP contribution in [0.4, 0.5) is 4.79 Å². The molecular formula is C21H26N2O3. The molecule has 3 rings (SSSR count). The lowest BCUT2D eigenvalue weighted by atomic mass is 9.94. The van der Waals surface area contributed by atoms with Crippen LogP contribution in [-0.4, -0.2) is 25.8 Å². The van der Waals surface area contributed by atoms with Crippen LogP contribution in [0.2, 0.25) is 0 Å². The molecule has 26 heavy (non-hydrogen) atoms. The molecule has 1 heterocycles. The summed E-state index contributed by atoms with van der Waals surface area (Å²) in [6, 6.07) is 15.9. The first-order valence-electron chi connectivity index (χ1n) is 9.05. The Balaban J connectivity index is 1.49. The van der Waals surface area contributed by atoms with Gasteiger partial charge in [0.1, 0.15) is 13.2 Å². The Morgan fingerprint density at radius 2 is 1.77 bits per heavy atom. The van der Waals surface area contributed by atoms with Gasteiger partial charge in [-0.3, -0.25) is 0 Å². The summed E-state index contributed by atoms with van der Waals surface area (Å²) >= 11 is 0. The number of hydrogen-bond donors (Lipinski definition) is 2. The average molecular weight is 354 g/mol. The SMILES string of the molecule is CC(C)(NC(=O)NCCCc1ccccc1)c1ccc2c(c1)OCCO2. The number of ether oxygens (including phenoxy) is 2. The highest BCUT2D eigenvalue weighted by Gasteiger charge is 2.25. The minimum absolute atomic E-state index is 0.169. The van der Waals surface area contributed by atoms with E-state index in [0.29, 0.717) is 19.8 Å². The van der Waals surface area contributed by atoms with Crippen LogP contribution >= 0.6 is 0 Å². The van der Waals surface area contributed by atoms with E-state index >= 15 is 0 Å². The predicted molar refractivity (Wildman–Crippen MR) is 102 cm³/mol. The van der Waals surface area contributed by atoms with E-state index in [1.165, 1.54) is 5.56 Å². The molecule has 0 aliphatic carbocycles.